The van der Waals surface area contributed by atoms with E-state index >= 15 is 0 Å². The lowest BCUT2D eigenvalue weighted by Crippen LogP contribution is -2.54. The predicted octanol–water partition coefficient (Wildman–Crippen LogP) is 2.59. The SMILES string of the molecule is COCCC1(C)CN(Cc2ccncc2Cl)C1. The zero-order chi connectivity index (χ0) is 12.3. The summed E-state index contributed by atoms with van der Waals surface area (Å²) in [6, 6.07) is 1.99. The fourth-order valence-electron chi connectivity index (χ4n) is 2.42. The summed E-state index contributed by atoms with van der Waals surface area (Å²) in [6.07, 6.45) is 4.63. The topological polar surface area (TPSA) is 25.4 Å². The third kappa shape index (κ3) is 3.18. The molecule has 0 atom stereocenters. The van der Waals surface area contributed by atoms with E-state index in [4.69, 9.17) is 16.3 Å². The number of pyridine rings is 1. The minimum absolute atomic E-state index is 0.412. The maximum Gasteiger partial charge on any atom is 0.0634 e. The van der Waals surface area contributed by atoms with Gasteiger partial charge in [0.1, 0.15) is 0 Å². The highest BCUT2D eigenvalue weighted by atomic mass is 35.5. The van der Waals surface area contributed by atoms with Gasteiger partial charge in [-0.25, -0.2) is 0 Å². The fourth-order valence-corrected chi connectivity index (χ4v) is 2.60. The summed E-state index contributed by atoms with van der Waals surface area (Å²) < 4.78 is 5.14. The molecule has 0 aromatic carbocycles. The summed E-state index contributed by atoms with van der Waals surface area (Å²) in [5.41, 5.74) is 1.57. The lowest BCUT2D eigenvalue weighted by Gasteiger charge is -2.48. The molecule has 0 bridgehead atoms. The second-order valence-electron chi connectivity index (χ2n) is 5.17. The van der Waals surface area contributed by atoms with Crippen LogP contribution in [0.25, 0.3) is 0 Å². The Hall–Kier alpha value is -0.640. The van der Waals surface area contributed by atoms with Gasteiger partial charge in [-0.3, -0.25) is 9.88 Å². The molecular formula is C13H19ClN2O. The lowest BCUT2D eigenvalue weighted by atomic mass is 9.79. The Morgan fingerprint density at radius 1 is 1.53 bits per heavy atom. The van der Waals surface area contributed by atoms with Crippen molar-refractivity contribution in [1.29, 1.82) is 0 Å². The fraction of sp³-hybridized carbons (Fsp3) is 0.615. The monoisotopic (exact) mass is 254 g/mol. The number of nitrogens with zero attached hydrogens (tertiary/aromatic N) is 2. The normalized spacial score (nSPS) is 19.0. The van der Waals surface area contributed by atoms with Crippen molar-refractivity contribution in [2.24, 2.45) is 5.41 Å². The molecule has 0 spiro atoms. The number of rotatable bonds is 5. The van der Waals surface area contributed by atoms with E-state index in [0.717, 1.165) is 43.2 Å². The Morgan fingerprint density at radius 3 is 2.94 bits per heavy atom. The highest BCUT2D eigenvalue weighted by molar-refractivity contribution is 6.31. The van der Waals surface area contributed by atoms with Crippen LogP contribution in [0.15, 0.2) is 18.5 Å². The van der Waals surface area contributed by atoms with Crippen molar-refractivity contribution in [2.45, 2.75) is 19.9 Å². The standard InChI is InChI=1S/C13H19ClN2O/c1-13(4-6-17-2)9-16(10-13)8-11-3-5-15-7-12(11)14/h3,5,7H,4,6,8-10H2,1-2H3. The quantitative estimate of drug-likeness (QED) is 0.808. The van der Waals surface area contributed by atoms with E-state index in [2.05, 4.69) is 16.8 Å². The van der Waals surface area contributed by atoms with Gasteiger partial charge in [0.25, 0.3) is 0 Å². The molecule has 1 aromatic heterocycles. The van der Waals surface area contributed by atoms with Crippen molar-refractivity contribution in [3.63, 3.8) is 0 Å². The molecule has 17 heavy (non-hydrogen) atoms. The summed E-state index contributed by atoms with van der Waals surface area (Å²) in [5.74, 6) is 0. The summed E-state index contributed by atoms with van der Waals surface area (Å²) in [6.45, 7) is 6.32. The van der Waals surface area contributed by atoms with Crippen LogP contribution < -0.4 is 0 Å². The van der Waals surface area contributed by atoms with Gasteiger partial charge < -0.3 is 4.74 Å². The maximum atomic E-state index is 6.09. The molecule has 0 unspecified atom stereocenters. The molecular weight excluding hydrogens is 236 g/mol. The van der Waals surface area contributed by atoms with E-state index in [1.165, 1.54) is 0 Å². The van der Waals surface area contributed by atoms with Crippen LogP contribution in [0.4, 0.5) is 0 Å². The first kappa shape index (κ1) is 12.8. The number of likely N-dealkylation sites (tertiary alicyclic amines) is 1. The van der Waals surface area contributed by atoms with Crippen molar-refractivity contribution in [2.75, 3.05) is 26.8 Å². The molecule has 3 nitrogen and oxygen atoms in total. The van der Waals surface area contributed by atoms with Crippen LogP contribution in [-0.2, 0) is 11.3 Å². The van der Waals surface area contributed by atoms with Gasteiger partial charge in [0.2, 0.25) is 0 Å². The van der Waals surface area contributed by atoms with Gasteiger partial charge in [-0.15, -0.1) is 0 Å². The molecule has 0 saturated carbocycles. The maximum absolute atomic E-state index is 6.09. The Labute approximate surface area is 108 Å². The molecule has 2 rings (SSSR count). The van der Waals surface area contributed by atoms with Crippen LogP contribution in [-0.4, -0.2) is 36.7 Å². The van der Waals surface area contributed by atoms with Crippen LogP contribution in [0.1, 0.15) is 18.9 Å². The molecule has 1 aliphatic heterocycles. The van der Waals surface area contributed by atoms with Crippen LogP contribution in [0.5, 0.6) is 0 Å². The average molecular weight is 255 g/mol. The minimum Gasteiger partial charge on any atom is -0.385 e. The highest BCUT2D eigenvalue weighted by Crippen LogP contribution is 2.34. The Bertz CT molecular complexity index is 377. The Balaban J connectivity index is 1.83. The van der Waals surface area contributed by atoms with E-state index in [9.17, 15) is 0 Å². The van der Waals surface area contributed by atoms with Crippen molar-refractivity contribution < 1.29 is 4.74 Å². The van der Waals surface area contributed by atoms with Gasteiger partial charge >= 0.3 is 0 Å². The van der Waals surface area contributed by atoms with Gasteiger partial charge in [-0.2, -0.15) is 0 Å². The van der Waals surface area contributed by atoms with E-state index < -0.39 is 0 Å². The first-order valence-electron chi connectivity index (χ1n) is 5.93. The van der Waals surface area contributed by atoms with E-state index in [1.807, 2.05) is 6.07 Å². The first-order chi connectivity index (χ1) is 8.13. The van der Waals surface area contributed by atoms with Crippen molar-refractivity contribution in [3.05, 3.63) is 29.0 Å². The lowest BCUT2D eigenvalue weighted by molar-refractivity contribution is -0.0135. The van der Waals surface area contributed by atoms with Crippen molar-refractivity contribution in [1.82, 2.24) is 9.88 Å². The zero-order valence-electron chi connectivity index (χ0n) is 10.4. The average Bonchev–Trinajstić information content (AvgIpc) is 2.27. The van der Waals surface area contributed by atoms with Crippen molar-refractivity contribution >= 4 is 11.6 Å². The zero-order valence-corrected chi connectivity index (χ0v) is 11.2. The second kappa shape index (κ2) is 5.34. The van der Waals surface area contributed by atoms with Crippen LogP contribution in [0.2, 0.25) is 5.02 Å². The molecule has 1 fully saturated rings. The second-order valence-corrected chi connectivity index (χ2v) is 5.57. The van der Waals surface area contributed by atoms with Gasteiger partial charge in [0.15, 0.2) is 0 Å². The summed E-state index contributed by atoms with van der Waals surface area (Å²) in [5, 5.41) is 0.762. The van der Waals surface area contributed by atoms with E-state index in [-0.39, 0.29) is 0 Å². The molecule has 1 aliphatic rings. The molecule has 0 amide bonds. The third-order valence-electron chi connectivity index (χ3n) is 3.37. The van der Waals surface area contributed by atoms with Crippen LogP contribution >= 0.6 is 11.6 Å². The molecule has 4 heteroatoms. The van der Waals surface area contributed by atoms with Crippen LogP contribution in [0, 0.1) is 5.41 Å². The number of halogens is 1. The van der Waals surface area contributed by atoms with E-state index in [0.29, 0.717) is 5.41 Å². The first-order valence-corrected chi connectivity index (χ1v) is 6.30. The smallest absolute Gasteiger partial charge is 0.0634 e. The largest absolute Gasteiger partial charge is 0.385 e. The van der Waals surface area contributed by atoms with Crippen molar-refractivity contribution in [3.8, 4) is 0 Å². The Kier molecular flexibility index (Phi) is 4.02. The molecule has 0 N–H and O–H groups in total. The molecule has 1 aromatic rings. The summed E-state index contributed by atoms with van der Waals surface area (Å²) in [7, 11) is 1.76. The molecule has 0 aliphatic carbocycles. The number of ether oxygens (including phenoxy) is 1. The molecule has 2 heterocycles. The summed E-state index contributed by atoms with van der Waals surface area (Å²) in [4.78, 5) is 6.41. The minimum atomic E-state index is 0.412. The molecule has 94 valence electrons. The van der Waals surface area contributed by atoms with Gasteiger partial charge in [-0.1, -0.05) is 18.5 Å². The Morgan fingerprint density at radius 2 is 2.29 bits per heavy atom. The number of methoxy groups -OCH3 is 1. The van der Waals surface area contributed by atoms with Gasteiger partial charge in [0, 0.05) is 45.7 Å². The highest BCUT2D eigenvalue weighted by Gasteiger charge is 2.37. The molecule has 1 saturated heterocycles. The number of aromatic nitrogens is 1. The van der Waals surface area contributed by atoms with Crippen LogP contribution in [0.3, 0.4) is 0 Å². The number of hydrogen-bond donors (Lipinski definition) is 0. The van der Waals surface area contributed by atoms with E-state index in [1.54, 1.807) is 19.5 Å². The van der Waals surface area contributed by atoms with Gasteiger partial charge in [-0.05, 0) is 23.5 Å². The van der Waals surface area contributed by atoms with Gasteiger partial charge in [0.05, 0.1) is 5.02 Å². The predicted molar refractivity (Wildman–Crippen MR) is 69.1 cm³/mol. The number of hydrogen-bond acceptors (Lipinski definition) is 3. The third-order valence-corrected chi connectivity index (χ3v) is 3.71. The molecule has 0 radical (unpaired) electrons. The summed E-state index contributed by atoms with van der Waals surface area (Å²) >= 11 is 6.09.